The molecule has 9 heteroatoms. The molecule has 0 fully saturated rings. The predicted octanol–water partition coefficient (Wildman–Crippen LogP) is 3.17. The summed E-state index contributed by atoms with van der Waals surface area (Å²) in [5, 5.41) is 8.44. The average Bonchev–Trinajstić information content (AvgIpc) is 3.17. The normalized spacial score (nSPS) is 10.9. The van der Waals surface area contributed by atoms with Gasteiger partial charge in [-0.2, -0.15) is 5.10 Å². The van der Waals surface area contributed by atoms with Crippen molar-refractivity contribution in [2.24, 2.45) is 0 Å². The number of halogens is 1. The number of rotatable bonds is 6. The maximum absolute atomic E-state index is 12.4. The van der Waals surface area contributed by atoms with E-state index in [0.29, 0.717) is 27.8 Å². The van der Waals surface area contributed by atoms with Crippen molar-refractivity contribution in [2.75, 3.05) is 5.75 Å². The Labute approximate surface area is 175 Å². The first-order chi connectivity index (χ1) is 14.1. The van der Waals surface area contributed by atoms with E-state index >= 15 is 0 Å². The fourth-order valence-corrected chi connectivity index (χ4v) is 3.53. The fraction of sp³-hybridized carbons (Fsp3) is 0.100. The molecule has 2 aromatic heterocycles. The summed E-state index contributed by atoms with van der Waals surface area (Å²) in [6, 6.07) is 16.7. The van der Waals surface area contributed by atoms with Crippen LogP contribution in [0.4, 0.5) is 0 Å². The van der Waals surface area contributed by atoms with E-state index < -0.39 is 0 Å². The number of thioether (sulfide) groups is 1. The smallest absolute Gasteiger partial charge is 0.262 e. The number of carbonyl (C=O) groups excluding carboxylic acids is 1. The third kappa shape index (κ3) is 4.49. The monoisotopic (exact) mass is 425 g/mol. The van der Waals surface area contributed by atoms with Gasteiger partial charge in [0.25, 0.3) is 5.56 Å². The van der Waals surface area contributed by atoms with Gasteiger partial charge in [-0.25, -0.2) is 9.67 Å². The highest BCUT2D eigenvalue weighted by atomic mass is 35.5. The van der Waals surface area contributed by atoms with Gasteiger partial charge in [0.1, 0.15) is 5.39 Å². The molecule has 0 aliphatic carbocycles. The maximum Gasteiger partial charge on any atom is 0.262 e. The largest absolute Gasteiger partial charge is 0.351 e. The van der Waals surface area contributed by atoms with Crippen molar-refractivity contribution in [1.82, 2.24) is 25.1 Å². The lowest BCUT2D eigenvalue weighted by atomic mass is 10.2. The van der Waals surface area contributed by atoms with Gasteiger partial charge in [-0.15, -0.1) is 0 Å². The molecule has 2 aromatic carbocycles. The van der Waals surface area contributed by atoms with E-state index in [9.17, 15) is 9.59 Å². The van der Waals surface area contributed by atoms with E-state index in [1.54, 1.807) is 28.9 Å². The molecule has 7 nitrogen and oxygen atoms in total. The highest BCUT2D eigenvalue weighted by Crippen LogP contribution is 2.19. The standard InChI is InChI=1S/C20H16ClN5O2S/c21-14-6-8-15(9-7-14)26-18-16(11-23-26)19(28)25-20(24-18)29-12-17(27)22-10-13-4-2-1-3-5-13/h1-9,11H,10,12H2,(H,22,27)(H,24,25,28). The second-order valence-corrected chi connectivity index (χ2v) is 7.59. The molecule has 1 amide bonds. The van der Waals surface area contributed by atoms with Crippen molar-refractivity contribution in [2.45, 2.75) is 11.7 Å². The Morgan fingerprint density at radius 3 is 2.66 bits per heavy atom. The lowest BCUT2D eigenvalue weighted by Gasteiger charge is -2.06. The minimum atomic E-state index is -0.303. The molecule has 29 heavy (non-hydrogen) atoms. The molecule has 146 valence electrons. The molecule has 2 N–H and O–H groups in total. The number of hydrogen-bond acceptors (Lipinski definition) is 5. The zero-order chi connectivity index (χ0) is 20.2. The van der Waals surface area contributed by atoms with Crippen LogP contribution >= 0.6 is 23.4 Å². The number of fused-ring (bicyclic) bond motifs is 1. The molecule has 2 heterocycles. The minimum absolute atomic E-state index is 0.135. The van der Waals surface area contributed by atoms with Crippen molar-refractivity contribution >= 4 is 40.3 Å². The first-order valence-electron chi connectivity index (χ1n) is 8.77. The Morgan fingerprint density at radius 2 is 1.90 bits per heavy atom. The van der Waals surface area contributed by atoms with Gasteiger partial charge in [-0.3, -0.25) is 9.59 Å². The fourth-order valence-electron chi connectivity index (χ4n) is 2.72. The number of carbonyl (C=O) groups is 1. The van der Waals surface area contributed by atoms with E-state index in [0.717, 1.165) is 23.0 Å². The number of aromatic amines is 1. The summed E-state index contributed by atoms with van der Waals surface area (Å²) in [7, 11) is 0. The zero-order valence-electron chi connectivity index (χ0n) is 15.1. The van der Waals surface area contributed by atoms with Gasteiger partial charge in [-0.1, -0.05) is 53.7 Å². The predicted molar refractivity (Wildman–Crippen MR) is 114 cm³/mol. The molecule has 0 saturated heterocycles. The van der Waals surface area contributed by atoms with Crippen LogP contribution in [0.5, 0.6) is 0 Å². The molecular formula is C20H16ClN5O2S. The van der Waals surface area contributed by atoms with Crippen LogP contribution in [0.15, 0.2) is 70.7 Å². The lowest BCUT2D eigenvalue weighted by molar-refractivity contribution is -0.118. The average molecular weight is 426 g/mol. The number of aromatic nitrogens is 4. The van der Waals surface area contributed by atoms with Crippen LogP contribution in [0.1, 0.15) is 5.56 Å². The summed E-state index contributed by atoms with van der Waals surface area (Å²) in [5.41, 5.74) is 1.87. The number of nitrogens with one attached hydrogen (secondary N) is 2. The Hall–Kier alpha value is -3.10. The summed E-state index contributed by atoms with van der Waals surface area (Å²) < 4.78 is 1.57. The number of amides is 1. The molecule has 0 atom stereocenters. The highest BCUT2D eigenvalue weighted by Gasteiger charge is 2.13. The first-order valence-corrected chi connectivity index (χ1v) is 10.1. The van der Waals surface area contributed by atoms with E-state index in [-0.39, 0.29) is 17.2 Å². The van der Waals surface area contributed by atoms with Crippen molar-refractivity contribution in [1.29, 1.82) is 0 Å². The zero-order valence-corrected chi connectivity index (χ0v) is 16.7. The molecule has 4 aromatic rings. The Balaban J connectivity index is 1.49. The molecule has 0 bridgehead atoms. The van der Waals surface area contributed by atoms with Gasteiger partial charge in [0.05, 0.1) is 17.6 Å². The van der Waals surface area contributed by atoms with Crippen molar-refractivity contribution < 1.29 is 4.79 Å². The molecule has 0 saturated carbocycles. The third-order valence-electron chi connectivity index (χ3n) is 4.16. The van der Waals surface area contributed by atoms with Crippen LogP contribution in [0.25, 0.3) is 16.7 Å². The van der Waals surface area contributed by atoms with Crippen molar-refractivity contribution in [3.8, 4) is 5.69 Å². The number of hydrogen-bond donors (Lipinski definition) is 2. The number of benzene rings is 2. The van der Waals surface area contributed by atoms with E-state index in [1.165, 1.54) is 6.20 Å². The first kappa shape index (κ1) is 19.2. The Kier molecular flexibility index (Phi) is 5.64. The lowest BCUT2D eigenvalue weighted by Crippen LogP contribution is -2.24. The maximum atomic E-state index is 12.4. The molecule has 0 aliphatic rings. The summed E-state index contributed by atoms with van der Waals surface area (Å²) in [5.74, 6) is -0.0103. The molecule has 0 aliphatic heterocycles. The molecule has 4 rings (SSSR count). The summed E-state index contributed by atoms with van der Waals surface area (Å²) in [6.45, 7) is 0.451. The second kappa shape index (κ2) is 8.50. The van der Waals surface area contributed by atoms with E-state index in [1.807, 2.05) is 30.3 Å². The van der Waals surface area contributed by atoms with Gasteiger partial charge in [-0.05, 0) is 29.8 Å². The SMILES string of the molecule is O=C(CSc1nc2c(cnn2-c2ccc(Cl)cc2)c(=O)[nH]1)NCc1ccccc1. The number of nitrogens with zero attached hydrogens (tertiary/aromatic N) is 3. The van der Waals surface area contributed by atoms with E-state index in [4.69, 9.17) is 11.6 Å². The van der Waals surface area contributed by atoms with Gasteiger partial charge >= 0.3 is 0 Å². The van der Waals surface area contributed by atoms with Crippen LogP contribution in [0.3, 0.4) is 0 Å². The van der Waals surface area contributed by atoms with Crippen LogP contribution in [-0.2, 0) is 11.3 Å². The Bertz CT molecular complexity index is 1210. The summed E-state index contributed by atoms with van der Waals surface area (Å²) in [6.07, 6.45) is 1.47. The summed E-state index contributed by atoms with van der Waals surface area (Å²) in [4.78, 5) is 31.7. The van der Waals surface area contributed by atoms with Crippen LogP contribution in [0.2, 0.25) is 5.02 Å². The van der Waals surface area contributed by atoms with Crippen LogP contribution in [-0.4, -0.2) is 31.4 Å². The second-order valence-electron chi connectivity index (χ2n) is 6.19. The number of H-pyrrole nitrogens is 1. The van der Waals surface area contributed by atoms with Gasteiger partial charge < -0.3 is 10.3 Å². The minimum Gasteiger partial charge on any atom is -0.351 e. The Morgan fingerprint density at radius 1 is 1.14 bits per heavy atom. The third-order valence-corrected chi connectivity index (χ3v) is 5.29. The van der Waals surface area contributed by atoms with Gasteiger partial charge in [0.2, 0.25) is 5.91 Å². The molecule has 0 unspecified atom stereocenters. The molecular weight excluding hydrogens is 410 g/mol. The molecule has 0 spiro atoms. The van der Waals surface area contributed by atoms with Crippen molar-refractivity contribution in [3.63, 3.8) is 0 Å². The van der Waals surface area contributed by atoms with E-state index in [2.05, 4.69) is 20.4 Å². The van der Waals surface area contributed by atoms with Crippen LogP contribution in [0, 0.1) is 0 Å². The van der Waals surface area contributed by atoms with Crippen molar-refractivity contribution in [3.05, 3.63) is 81.7 Å². The topological polar surface area (TPSA) is 92.7 Å². The summed E-state index contributed by atoms with van der Waals surface area (Å²) >= 11 is 7.10. The highest BCUT2D eigenvalue weighted by molar-refractivity contribution is 7.99. The van der Waals surface area contributed by atoms with Crippen LogP contribution < -0.4 is 10.9 Å². The quantitative estimate of drug-likeness (QED) is 0.365. The van der Waals surface area contributed by atoms with Gasteiger partial charge in [0.15, 0.2) is 10.8 Å². The van der Waals surface area contributed by atoms with Gasteiger partial charge in [0, 0.05) is 11.6 Å². The molecule has 0 radical (unpaired) electrons.